The maximum atomic E-state index is 13.6. The normalized spacial score (nSPS) is 21.0. The number of nitrogens with zero attached hydrogens (tertiary/aromatic N) is 3. The minimum atomic E-state index is -0.804. The SMILES string of the molecule is COC(=O)N[C@H](C(=O)N1CCC[C@H]1C(=O)Nc1ccc([C@@H]2CC[C@@H](c3ccc(NC(=O)C4CCCN4C(=O)OC(C)(C)C)cc3)N2c2ccc(C(C)(C)C)cc2)cc1)C(C)C. The summed E-state index contributed by atoms with van der Waals surface area (Å²) in [6, 6.07) is 22.9. The number of anilines is 3. The zero-order chi connectivity index (χ0) is 44.2. The minimum absolute atomic E-state index is 0.00417. The lowest BCUT2D eigenvalue weighted by molar-refractivity contribution is -0.139. The first-order valence-electron chi connectivity index (χ1n) is 21.7. The molecule has 3 aromatic carbocycles. The summed E-state index contributed by atoms with van der Waals surface area (Å²) >= 11 is 0. The molecule has 0 bridgehead atoms. The predicted molar refractivity (Wildman–Crippen MR) is 237 cm³/mol. The van der Waals surface area contributed by atoms with Crippen LogP contribution in [0.5, 0.6) is 0 Å². The van der Waals surface area contributed by atoms with Crippen LogP contribution in [-0.4, -0.2) is 83.6 Å². The van der Waals surface area contributed by atoms with Gasteiger partial charge >= 0.3 is 12.2 Å². The second-order valence-electron chi connectivity index (χ2n) is 18.9. The van der Waals surface area contributed by atoms with E-state index >= 15 is 0 Å². The van der Waals surface area contributed by atoms with Gasteiger partial charge in [-0.05, 0) is 124 Å². The molecule has 6 rings (SSSR count). The Morgan fingerprint density at radius 1 is 0.656 bits per heavy atom. The van der Waals surface area contributed by atoms with E-state index in [9.17, 15) is 24.0 Å². The molecule has 3 heterocycles. The van der Waals surface area contributed by atoms with Crippen molar-refractivity contribution in [2.45, 2.75) is 135 Å². The maximum Gasteiger partial charge on any atom is 0.410 e. The Balaban J connectivity index is 1.17. The fraction of sp³-hybridized carbons (Fsp3) is 0.521. The third-order valence-electron chi connectivity index (χ3n) is 12.0. The van der Waals surface area contributed by atoms with Gasteiger partial charge in [-0.25, -0.2) is 9.59 Å². The maximum absolute atomic E-state index is 13.6. The number of rotatable bonds is 10. The van der Waals surface area contributed by atoms with Gasteiger partial charge in [-0.1, -0.05) is 71.0 Å². The van der Waals surface area contributed by atoms with Crippen LogP contribution in [0.4, 0.5) is 26.7 Å². The van der Waals surface area contributed by atoms with Crippen LogP contribution in [0, 0.1) is 5.92 Å². The van der Waals surface area contributed by atoms with E-state index in [-0.39, 0.29) is 41.1 Å². The summed E-state index contributed by atoms with van der Waals surface area (Å²) < 4.78 is 10.3. The first-order valence-corrected chi connectivity index (χ1v) is 21.7. The molecule has 5 amide bonds. The largest absolute Gasteiger partial charge is 0.453 e. The van der Waals surface area contributed by atoms with Crippen molar-refractivity contribution >= 4 is 47.0 Å². The molecule has 3 N–H and O–H groups in total. The third kappa shape index (κ3) is 10.7. The molecule has 0 spiro atoms. The summed E-state index contributed by atoms with van der Waals surface area (Å²) in [4.78, 5) is 71.0. The van der Waals surface area contributed by atoms with Crippen LogP contribution in [0.3, 0.4) is 0 Å². The van der Waals surface area contributed by atoms with E-state index in [0.717, 1.165) is 36.1 Å². The Morgan fingerprint density at radius 3 is 1.57 bits per heavy atom. The quantitative estimate of drug-likeness (QED) is 0.184. The van der Waals surface area contributed by atoms with Gasteiger partial charge in [0.25, 0.3) is 0 Å². The van der Waals surface area contributed by atoms with E-state index in [4.69, 9.17) is 9.47 Å². The van der Waals surface area contributed by atoms with Crippen molar-refractivity contribution in [2.24, 2.45) is 5.92 Å². The highest BCUT2D eigenvalue weighted by Crippen LogP contribution is 2.47. The molecule has 3 fully saturated rings. The Morgan fingerprint density at radius 2 is 1.13 bits per heavy atom. The molecule has 1 unspecified atom stereocenters. The summed E-state index contributed by atoms with van der Waals surface area (Å²) in [5.41, 5.74) is 5.25. The molecule has 0 aliphatic carbocycles. The molecular formula is C48H64N6O7. The molecule has 3 aliphatic heterocycles. The fourth-order valence-corrected chi connectivity index (χ4v) is 8.75. The first-order chi connectivity index (χ1) is 28.8. The molecule has 328 valence electrons. The molecule has 13 heteroatoms. The van der Waals surface area contributed by atoms with Gasteiger partial charge in [0.15, 0.2) is 0 Å². The Bertz CT molecular complexity index is 2040. The smallest absolute Gasteiger partial charge is 0.410 e. The molecule has 3 aromatic rings. The molecule has 13 nitrogen and oxygen atoms in total. The molecule has 5 atom stereocenters. The van der Waals surface area contributed by atoms with Crippen LogP contribution in [0.15, 0.2) is 72.8 Å². The minimum Gasteiger partial charge on any atom is -0.453 e. The van der Waals surface area contributed by atoms with Crippen LogP contribution >= 0.6 is 0 Å². The van der Waals surface area contributed by atoms with Gasteiger partial charge in [-0.2, -0.15) is 0 Å². The summed E-state index contributed by atoms with van der Waals surface area (Å²) in [6.45, 7) is 16.7. The second-order valence-corrected chi connectivity index (χ2v) is 18.9. The third-order valence-corrected chi connectivity index (χ3v) is 12.0. The van der Waals surface area contributed by atoms with Crippen LogP contribution < -0.4 is 20.9 Å². The predicted octanol–water partition coefficient (Wildman–Crippen LogP) is 8.72. The van der Waals surface area contributed by atoms with Gasteiger partial charge in [0.05, 0.1) is 19.2 Å². The van der Waals surface area contributed by atoms with Crippen LogP contribution in [0.2, 0.25) is 0 Å². The number of carbonyl (C=O) groups is 5. The number of methoxy groups -OCH3 is 1. The lowest BCUT2D eigenvalue weighted by atomic mass is 9.87. The highest BCUT2D eigenvalue weighted by Gasteiger charge is 2.40. The van der Waals surface area contributed by atoms with Gasteiger partial charge in [0.2, 0.25) is 17.7 Å². The van der Waals surface area contributed by atoms with Crippen molar-refractivity contribution in [3.63, 3.8) is 0 Å². The van der Waals surface area contributed by atoms with E-state index in [1.165, 1.54) is 17.6 Å². The summed E-state index contributed by atoms with van der Waals surface area (Å²) in [5, 5.41) is 8.72. The van der Waals surface area contributed by atoms with Crippen molar-refractivity contribution in [2.75, 3.05) is 35.7 Å². The highest BCUT2D eigenvalue weighted by molar-refractivity contribution is 5.99. The molecule has 0 radical (unpaired) electrons. The number of carbonyl (C=O) groups excluding carboxylic acids is 5. The molecule has 61 heavy (non-hydrogen) atoms. The Hall–Kier alpha value is -5.59. The van der Waals surface area contributed by atoms with Crippen molar-refractivity contribution in [3.8, 4) is 0 Å². The monoisotopic (exact) mass is 836 g/mol. The number of nitrogens with one attached hydrogen (secondary N) is 3. The molecule has 3 saturated heterocycles. The zero-order valence-corrected chi connectivity index (χ0v) is 37.2. The standard InChI is InChI=1S/C48H64N6O7/c1-30(2)41(51-45(58)60-9)44(57)52-28-10-12-39(52)42(55)49-34-20-14-31(15-21-34)37-26-27-38(54(37)36-24-18-33(19-25-36)47(3,4)5)32-16-22-35(23-17-32)50-43(56)40-13-11-29-53(40)46(59)61-48(6,7)8/h14-25,30,37-41H,10-13,26-29H2,1-9H3,(H,49,55)(H,50,56)(H,51,58)/t37-,38-,39-,40?,41-/m0/s1. The van der Waals surface area contributed by atoms with Crippen molar-refractivity contribution in [1.82, 2.24) is 15.1 Å². The second kappa shape index (κ2) is 18.6. The lowest BCUT2D eigenvalue weighted by Crippen LogP contribution is -2.54. The topological polar surface area (TPSA) is 150 Å². The van der Waals surface area contributed by atoms with Crippen LogP contribution in [0.1, 0.15) is 123 Å². The van der Waals surface area contributed by atoms with Gasteiger partial charge in [-0.15, -0.1) is 0 Å². The zero-order valence-electron chi connectivity index (χ0n) is 37.2. The van der Waals surface area contributed by atoms with Gasteiger partial charge in [0.1, 0.15) is 23.7 Å². The Kier molecular flexibility index (Phi) is 13.7. The fourth-order valence-electron chi connectivity index (χ4n) is 8.75. The van der Waals surface area contributed by atoms with Crippen LogP contribution in [0.25, 0.3) is 0 Å². The van der Waals surface area contributed by atoms with E-state index in [1.807, 2.05) is 58.9 Å². The molecule has 0 saturated carbocycles. The van der Waals surface area contributed by atoms with Gasteiger partial charge in [0, 0.05) is 30.2 Å². The van der Waals surface area contributed by atoms with E-state index < -0.39 is 35.9 Å². The van der Waals surface area contributed by atoms with E-state index in [1.54, 1.807) is 4.90 Å². The Labute approximate surface area is 360 Å². The van der Waals surface area contributed by atoms with Gasteiger partial charge < -0.3 is 35.2 Å². The molecular weight excluding hydrogens is 773 g/mol. The number of alkyl carbamates (subject to hydrolysis) is 1. The van der Waals surface area contributed by atoms with E-state index in [2.05, 4.69) is 90.2 Å². The highest BCUT2D eigenvalue weighted by atomic mass is 16.6. The molecule has 3 aliphatic rings. The first kappa shape index (κ1) is 44.9. The number of hydrogen-bond acceptors (Lipinski definition) is 8. The van der Waals surface area contributed by atoms with Gasteiger partial charge in [-0.3, -0.25) is 19.3 Å². The molecule has 0 aromatic heterocycles. The number of likely N-dealkylation sites (tertiary alicyclic amines) is 2. The number of hydrogen-bond donors (Lipinski definition) is 3. The number of amides is 5. The average Bonchev–Trinajstić information content (AvgIpc) is 4.00. The van der Waals surface area contributed by atoms with Crippen molar-refractivity contribution in [3.05, 3.63) is 89.5 Å². The van der Waals surface area contributed by atoms with Crippen molar-refractivity contribution < 1.29 is 33.4 Å². The summed E-state index contributed by atoms with van der Waals surface area (Å²) in [6.07, 6.45) is 3.18. The van der Waals surface area contributed by atoms with E-state index in [0.29, 0.717) is 43.7 Å². The summed E-state index contributed by atoms with van der Waals surface area (Å²) in [7, 11) is 1.26. The number of benzene rings is 3. The number of ether oxygens (including phenoxy) is 2. The van der Waals surface area contributed by atoms with Crippen molar-refractivity contribution in [1.29, 1.82) is 0 Å². The van der Waals surface area contributed by atoms with Crippen LogP contribution in [-0.2, 0) is 29.3 Å². The summed E-state index contributed by atoms with van der Waals surface area (Å²) in [5.74, 6) is -0.971. The lowest BCUT2D eigenvalue weighted by Gasteiger charge is -2.34. The average molecular weight is 837 g/mol.